The molecule has 0 aliphatic rings. The Hall–Kier alpha value is -3.17. The number of carbonyl (C=O) groups is 2. The molecule has 1 atom stereocenters. The van der Waals surface area contributed by atoms with Crippen LogP contribution in [-0.4, -0.2) is 33.2 Å². The fourth-order valence-corrected chi connectivity index (χ4v) is 5.74. The quantitative estimate of drug-likeness (QED) is 0.223. The minimum atomic E-state index is -1.85. The first-order valence-electron chi connectivity index (χ1n) is 11.7. The predicted octanol–water partition coefficient (Wildman–Crippen LogP) is 7.32. The minimum Gasteiger partial charge on any atom is -0.459 e. The molecule has 202 valence electrons. The lowest BCUT2D eigenvalue weighted by atomic mass is 10.1. The summed E-state index contributed by atoms with van der Waals surface area (Å²) in [6.45, 7) is 4.98. The molecule has 0 radical (unpaired) electrons. The molecule has 1 heterocycles. The first kappa shape index (κ1) is 28.8. The van der Waals surface area contributed by atoms with Crippen molar-refractivity contribution in [1.29, 1.82) is 0 Å². The molecule has 3 aromatic carbocycles. The number of aromatic nitrogens is 1. The first-order valence-corrected chi connectivity index (χ1v) is 14.0. The second-order valence-corrected chi connectivity index (χ2v) is 12.3. The number of ether oxygens (including phenoxy) is 1. The molecule has 0 saturated carbocycles. The summed E-state index contributed by atoms with van der Waals surface area (Å²) in [6, 6.07) is 18.4. The van der Waals surface area contributed by atoms with Crippen molar-refractivity contribution >= 4 is 79.8 Å². The number of nitrogens with zero attached hydrogens (tertiary/aromatic N) is 2. The number of anilines is 2. The van der Waals surface area contributed by atoms with Gasteiger partial charge in [0, 0.05) is 27.0 Å². The van der Waals surface area contributed by atoms with E-state index in [4.69, 9.17) is 39.5 Å². The maximum atomic E-state index is 13.7. The smallest absolute Gasteiger partial charge is 0.327 e. The van der Waals surface area contributed by atoms with E-state index in [0.717, 1.165) is 10.8 Å². The van der Waals surface area contributed by atoms with E-state index in [-0.39, 0.29) is 12.2 Å². The normalized spacial score (nSPS) is 12.2. The van der Waals surface area contributed by atoms with Crippen LogP contribution in [0.25, 0.3) is 10.8 Å². The first-order chi connectivity index (χ1) is 18.4. The maximum absolute atomic E-state index is 13.7. The third-order valence-electron chi connectivity index (χ3n) is 5.25. The number of fused-ring (bicyclic) bond motifs is 1. The highest BCUT2D eigenvalue weighted by atomic mass is 35.5. The summed E-state index contributed by atoms with van der Waals surface area (Å²) in [5.41, 5.74) is 0.462. The van der Waals surface area contributed by atoms with E-state index >= 15 is 0 Å². The highest BCUT2D eigenvalue weighted by Gasteiger charge is 2.24. The van der Waals surface area contributed by atoms with Gasteiger partial charge in [-0.2, -0.15) is 0 Å². The Balaban J connectivity index is 1.69. The van der Waals surface area contributed by atoms with Gasteiger partial charge in [0.15, 0.2) is 11.0 Å². The average Bonchev–Trinajstić information content (AvgIpc) is 2.85. The van der Waals surface area contributed by atoms with Gasteiger partial charge in [0.2, 0.25) is 0 Å². The monoisotopic (exact) mass is 603 g/mol. The van der Waals surface area contributed by atoms with Gasteiger partial charge in [-0.3, -0.25) is 18.9 Å². The van der Waals surface area contributed by atoms with Gasteiger partial charge < -0.3 is 10.1 Å². The van der Waals surface area contributed by atoms with E-state index in [0.29, 0.717) is 31.3 Å². The topological polar surface area (TPSA) is 88.6 Å². The summed E-state index contributed by atoms with van der Waals surface area (Å²) in [7, 11) is -1.85. The molecular formula is C28H24Cl3N3O4S. The minimum absolute atomic E-state index is 0.176. The van der Waals surface area contributed by atoms with Gasteiger partial charge in [0.05, 0.1) is 10.6 Å². The van der Waals surface area contributed by atoms with Crippen molar-refractivity contribution in [2.24, 2.45) is 0 Å². The number of benzene rings is 3. The van der Waals surface area contributed by atoms with E-state index in [1.807, 2.05) is 12.1 Å². The van der Waals surface area contributed by atoms with Crippen molar-refractivity contribution in [1.82, 2.24) is 4.98 Å². The molecule has 11 heteroatoms. The van der Waals surface area contributed by atoms with Crippen LogP contribution in [0.1, 0.15) is 31.3 Å². The van der Waals surface area contributed by atoms with E-state index in [1.54, 1.807) is 51.1 Å². The van der Waals surface area contributed by atoms with Crippen LogP contribution in [0.15, 0.2) is 77.8 Å². The number of hydrogen-bond donors (Lipinski definition) is 1. The third-order valence-corrected chi connectivity index (χ3v) is 7.31. The number of nitrogens with one attached hydrogen (secondary N) is 1. The lowest BCUT2D eigenvalue weighted by molar-refractivity contribution is -0.152. The van der Waals surface area contributed by atoms with Crippen molar-refractivity contribution in [2.75, 3.05) is 16.2 Å². The predicted molar refractivity (Wildman–Crippen MR) is 157 cm³/mol. The molecule has 1 amide bonds. The van der Waals surface area contributed by atoms with Gasteiger partial charge in [0.25, 0.3) is 5.91 Å². The summed E-state index contributed by atoms with van der Waals surface area (Å²) in [5.74, 6) is -0.974. The van der Waals surface area contributed by atoms with Gasteiger partial charge in [-0.25, -0.2) is 4.21 Å². The Labute approximate surface area is 243 Å². The van der Waals surface area contributed by atoms with Crippen molar-refractivity contribution < 1.29 is 18.5 Å². The molecule has 4 rings (SSSR count). The third kappa shape index (κ3) is 7.70. The zero-order chi connectivity index (χ0) is 28.3. The Bertz CT molecular complexity index is 1570. The van der Waals surface area contributed by atoms with Crippen LogP contribution in [0.3, 0.4) is 0 Å². The van der Waals surface area contributed by atoms with Crippen LogP contribution in [0, 0.1) is 0 Å². The number of carbonyl (C=O) groups excluding carboxylic acids is 2. The molecule has 0 aliphatic carbocycles. The summed E-state index contributed by atoms with van der Waals surface area (Å²) in [4.78, 5) is 29.8. The molecule has 1 N–H and O–H groups in total. The highest BCUT2D eigenvalue weighted by Crippen LogP contribution is 2.30. The van der Waals surface area contributed by atoms with E-state index in [1.165, 1.54) is 34.8 Å². The second kappa shape index (κ2) is 11.9. The Morgan fingerprint density at radius 3 is 2.26 bits per heavy atom. The molecule has 0 saturated heterocycles. The number of pyridine rings is 1. The van der Waals surface area contributed by atoms with Crippen molar-refractivity contribution in [2.45, 2.75) is 31.3 Å². The Kier molecular flexibility index (Phi) is 8.81. The molecule has 1 unspecified atom stereocenters. The van der Waals surface area contributed by atoms with Gasteiger partial charge in [-0.1, -0.05) is 46.9 Å². The molecule has 0 bridgehead atoms. The molecule has 7 nitrogen and oxygen atoms in total. The molecule has 39 heavy (non-hydrogen) atoms. The van der Waals surface area contributed by atoms with Crippen molar-refractivity contribution in [3.05, 3.63) is 93.7 Å². The van der Waals surface area contributed by atoms with Crippen LogP contribution in [-0.2, 0) is 20.5 Å². The van der Waals surface area contributed by atoms with Gasteiger partial charge in [-0.05, 0) is 86.1 Å². The van der Waals surface area contributed by atoms with Crippen molar-refractivity contribution in [3.8, 4) is 0 Å². The fourth-order valence-electron chi connectivity index (χ4n) is 3.68. The fraction of sp³-hybridized carbons (Fsp3) is 0.179. The zero-order valence-electron chi connectivity index (χ0n) is 21.2. The number of esters is 1. The lowest BCUT2D eigenvalue weighted by Crippen LogP contribution is -2.36. The van der Waals surface area contributed by atoms with E-state index in [9.17, 15) is 13.8 Å². The number of halogens is 3. The van der Waals surface area contributed by atoms with E-state index < -0.39 is 28.5 Å². The lowest BCUT2D eigenvalue weighted by Gasteiger charge is -2.26. The van der Waals surface area contributed by atoms with Gasteiger partial charge in [0.1, 0.15) is 17.8 Å². The van der Waals surface area contributed by atoms with Crippen LogP contribution < -0.4 is 9.62 Å². The number of hydrogen-bond acceptors (Lipinski definition) is 5. The SMILES string of the molecule is CC(C)(C)OC(=O)CN(c1ccc2ccc(NC(=O)c3cc(Cl)ccn3)cc2c1)S(=O)c1cc(Cl)cc(Cl)c1. The molecule has 4 aromatic rings. The average molecular weight is 605 g/mol. The molecule has 0 spiro atoms. The van der Waals surface area contributed by atoms with E-state index in [2.05, 4.69) is 10.3 Å². The number of amides is 1. The number of rotatable bonds is 7. The molecular weight excluding hydrogens is 581 g/mol. The highest BCUT2D eigenvalue weighted by molar-refractivity contribution is 7.86. The Morgan fingerprint density at radius 1 is 0.897 bits per heavy atom. The Morgan fingerprint density at radius 2 is 1.59 bits per heavy atom. The maximum Gasteiger partial charge on any atom is 0.327 e. The summed E-state index contributed by atoms with van der Waals surface area (Å²) in [6.07, 6.45) is 1.45. The summed E-state index contributed by atoms with van der Waals surface area (Å²) in [5, 5.41) is 5.44. The standard InChI is InChI=1S/C28H24Cl3N3O4S/c1-28(2,3)38-26(35)16-34(39(37)24-13-20(30)12-21(31)14-24)23-7-5-17-4-6-22(10-18(17)11-23)33-27(36)25-15-19(29)8-9-32-25/h4-15H,16H2,1-3H3,(H,33,36). The van der Waals surface area contributed by atoms with Crippen LogP contribution in [0.4, 0.5) is 11.4 Å². The van der Waals surface area contributed by atoms with Crippen LogP contribution >= 0.6 is 34.8 Å². The molecule has 1 aromatic heterocycles. The zero-order valence-corrected chi connectivity index (χ0v) is 24.3. The van der Waals surface area contributed by atoms with Crippen LogP contribution in [0.5, 0.6) is 0 Å². The van der Waals surface area contributed by atoms with Crippen molar-refractivity contribution in [3.63, 3.8) is 0 Å². The summed E-state index contributed by atoms with van der Waals surface area (Å²) < 4.78 is 20.6. The largest absolute Gasteiger partial charge is 0.459 e. The summed E-state index contributed by atoms with van der Waals surface area (Å²) >= 11 is 18.3. The van der Waals surface area contributed by atoms with Crippen LogP contribution in [0.2, 0.25) is 15.1 Å². The molecule has 0 fully saturated rings. The molecule has 0 aliphatic heterocycles. The van der Waals surface area contributed by atoms with Gasteiger partial charge in [-0.15, -0.1) is 0 Å². The second-order valence-electron chi connectivity index (χ2n) is 9.54. The van der Waals surface area contributed by atoms with Gasteiger partial charge >= 0.3 is 5.97 Å².